The van der Waals surface area contributed by atoms with E-state index in [2.05, 4.69) is 10.6 Å². The molecule has 2 aliphatic rings. The third-order valence-electron chi connectivity index (χ3n) is 4.86. The molecule has 0 heterocycles. The largest absolute Gasteiger partial charge is 0.360 e. The minimum Gasteiger partial charge on any atom is -0.360 e. The molecule has 2 N–H and O–H groups in total. The van der Waals surface area contributed by atoms with E-state index in [0.29, 0.717) is 22.6 Å². The topological polar surface area (TPSA) is 58.2 Å². The van der Waals surface area contributed by atoms with Crippen LogP contribution in [0.2, 0.25) is 0 Å². The lowest BCUT2D eigenvalue weighted by Crippen LogP contribution is -2.43. The van der Waals surface area contributed by atoms with Gasteiger partial charge in [-0.3, -0.25) is 0 Å². The highest BCUT2D eigenvalue weighted by Gasteiger charge is 2.39. The summed E-state index contributed by atoms with van der Waals surface area (Å²) in [5.41, 5.74) is 1.02. The molecule has 1 aromatic carbocycles. The van der Waals surface area contributed by atoms with Gasteiger partial charge < -0.3 is 10.6 Å². The van der Waals surface area contributed by atoms with Crippen molar-refractivity contribution in [3.63, 3.8) is 0 Å². The first-order valence-corrected chi connectivity index (χ1v) is 10.0. The lowest BCUT2D eigenvalue weighted by atomic mass is 9.96. The second-order valence-corrected chi connectivity index (χ2v) is 8.95. The molecule has 1 aromatic rings. The number of sulfone groups is 1. The number of benzene rings is 1. The SMILES string of the molecule is CS(=O)(=O)c1ccc(CNC(=S)NC2CC3CCC2C3)cc1. The van der Waals surface area contributed by atoms with Gasteiger partial charge in [0.25, 0.3) is 0 Å². The lowest BCUT2D eigenvalue weighted by Gasteiger charge is -2.24. The molecule has 0 radical (unpaired) electrons. The molecule has 3 atom stereocenters. The van der Waals surface area contributed by atoms with Gasteiger partial charge in [0.1, 0.15) is 0 Å². The van der Waals surface area contributed by atoms with Crippen molar-refractivity contribution in [2.75, 3.05) is 6.26 Å². The first-order valence-electron chi connectivity index (χ1n) is 7.75. The first-order chi connectivity index (χ1) is 10.4. The van der Waals surface area contributed by atoms with Crippen LogP contribution in [0.25, 0.3) is 0 Å². The zero-order valence-electron chi connectivity index (χ0n) is 12.7. The van der Waals surface area contributed by atoms with Gasteiger partial charge >= 0.3 is 0 Å². The molecule has 3 unspecified atom stereocenters. The fourth-order valence-corrected chi connectivity index (χ4v) is 4.53. The summed E-state index contributed by atoms with van der Waals surface area (Å²) in [5, 5.41) is 7.35. The van der Waals surface area contributed by atoms with Crippen LogP contribution in [0, 0.1) is 11.8 Å². The predicted molar refractivity (Wildman–Crippen MR) is 91.4 cm³/mol. The van der Waals surface area contributed by atoms with Gasteiger partial charge in [-0.05, 0) is 61.0 Å². The summed E-state index contributed by atoms with van der Waals surface area (Å²) >= 11 is 5.37. The quantitative estimate of drug-likeness (QED) is 0.825. The summed E-state index contributed by atoms with van der Waals surface area (Å²) in [6, 6.07) is 7.45. The minimum absolute atomic E-state index is 0.346. The minimum atomic E-state index is -3.13. The monoisotopic (exact) mass is 338 g/mol. The van der Waals surface area contributed by atoms with Crippen LogP contribution >= 0.6 is 12.2 Å². The van der Waals surface area contributed by atoms with Gasteiger partial charge in [0.15, 0.2) is 14.9 Å². The molecule has 0 amide bonds. The van der Waals surface area contributed by atoms with Crippen molar-refractivity contribution in [3.8, 4) is 0 Å². The Balaban J connectivity index is 1.49. The average Bonchev–Trinajstić information content (AvgIpc) is 3.07. The van der Waals surface area contributed by atoms with E-state index in [-0.39, 0.29) is 0 Å². The standard InChI is InChI=1S/C16H22N2O2S2/c1-22(19,20)14-6-3-11(4-7-14)10-17-16(21)18-15-9-12-2-5-13(15)8-12/h3-4,6-7,12-13,15H,2,5,8-10H2,1H3,(H2,17,18,21). The normalized spacial score (nSPS) is 26.9. The fourth-order valence-electron chi connectivity index (χ4n) is 3.68. The van der Waals surface area contributed by atoms with Crippen LogP contribution in [-0.4, -0.2) is 25.8 Å². The zero-order chi connectivity index (χ0) is 15.7. The third-order valence-corrected chi connectivity index (χ3v) is 6.25. The van der Waals surface area contributed by atoms with Crippen LogP contribution in [0.4, 0.5) is 0 Å². The molecule has 2 saturated carbocycles. The number of hydrogen-bond acceptors (Lipinski definition) is 3. The number of thiocarbonyl (C=S) groups is 1. The van der Waals surface area contributed by atoms with Crippen LogP contribution < -0.4 is 10.6 Å². The van der Waals surface area contributed by atoms with Gasteiger partial charge in [-0.15, -0.1) is 0 Å². The van der Waals surface area contributed by atoms with E-state index in [1.54, 1.807) is 12.1 Å². The number of hydrogen-bond donors (Lipinski definition) is 2. The molecule has 120 valence electrons. The molecular weight excluding hydrogens is 316 g/mol. The van der Waals surface area contributed by atoms with Gasteiger partial charge in [0.2, 0.25) is 0 Å². The zero-order valence-corrected chi connectivity index (χ0v) is 14.3. The van der Waals surface area contributed by atoms with Crippen molar-refractivity contribution >= 4 is 27.2 Å². The van der Waals surface area contributed by atoms with Crippen LogP contribution in [-0.2, 0) is 16.4 Å². The molecule has 0 aliphatic heterocycles. The number of fused-ring (bicyclic) bond motifs is 2. The van der Waals surface area contributed by atoms with Crippen molar-refractivity contribution in [2.24, 2.45) is 11.8 Å². The Kier molecular flexibility index (Phi) is 4.41. The van der Waals surface area contributed by atoms with Crippen molar-refractivity contribution in [3.05, 3.63) is 29.8 Å². The van der Waals surface area contributed by atoms with Gasteiger partial charge in [0.05, 0.1) is 4.90 Å². The molecule has 22 heavy (non-hydrogen) atoms. The third kappa shape index (κ3) is 3.60. The molecular formula is C16H22N2O2S2. The maximum Gasteiger partial charge on any atom is 0.175 e. The highest BCUT2D eigenvalue weighted by Crippen LogP contribution is 2.44. The Morgan fingerprint density at radius 2 is 1.95 bits per heavy atom. The van der Waals surface area contributed by atoms with E-state index in [9.17, 15) is 8.42 Å². The van der Waals surface area contributed by atoms with Crippen molar-refractivity contribution in [2.45, 2.75) is 43.2 Å². The fraction of sp³-hybridized carbons (Fsp3) is 0.562. The van der Waals surface area contributed by atoms with E-state index in [0.717, 1.165) is 17.4 Å². The number of rotatable bonds is 4. The van der Waals surface area contributed by atoms with Gasteiger partial charge in [0, 0.05) is 18.8 Å². The lowest BCUT2D eigenvalue weighted by molar-refractivity contribution is 0.389. The van der Waals surface area contributed by atoms with E-state index < -0.39 is 9.84 Å². The van der Waals surface area contributed by atoms with Crippen LogP contribution in [0.1, 0.15) is 31.2 Å². The Bertz CT molecular complexity index is 655. The predicted octanol–water partition coefficient (Wildman–Crippen LogP) is 2.24. The Labute approximate surface area is 137 Å². The number of nitrogens with one attached hydrogen (secondary N) is 2. The second-order valence-electron chi connectivity index (χ2n) is 6.52. The van der Waals surface area contributed by atoms with Crippen LogP contribution in [0.3, 0.4) is 0 Å². The summed E-state index contributed by atoms with van der Waals surface area (Å²) in [6.07, 6.45) is 6.53. The molecule has 2 fully saturated rings. The van der Waals surface area contributed by atoms with Crippen molar-refractivity contribution < 1.29 is 8.42 Å². The molecule has 0 saturated heterocycles. The average molecular weight is 338 g/mol. The van der Waals surface area contributed by atoms with Crippen LogP contribution in [0.5, 0.6) is 0 Å². The maximum absolute atomic E-state index is 11.4. The van der Waals surface area contributed by atoms with Crippen LogP contribution in [0.15, 0.2) is 29.2 Å². The Morgan fingerprint density at radius 1 is 1.23 bits per heavy atom. The summed E-state index contributed by atoms with van der Waals surface area (Å²) < 4.78 is 22.8. The Morgan fingerprint density at radius 3 is 2.50 bits per heavy atom. The highest BCUT2D eigenvalue weighted by atomic mass is 32.2. The van der Waals surface area contributed by atoms with E-state index in [1.807, 2.05) is 12.1 Å². The van der Waals surface area contributed by atoms with E-state index >= 15 is 0 Å². The van der Waals surface area contributed by atoms with Crippen molar-refractivity contribution in [1.82, 2.24) is 10.6 Å². The molecule has 4 nitrogen and oxygen atoms in total. The molecule has 0 spiro atoms. The first kappa shape index (κ1) is 15.7. The van der Waals surface area contributed by atoms with Gasteiger partial charge in [-0.1, -0.05) is 18.6 Å². The van der Waals surface area contributed by atoms with Crippen molar-refractivity contribution in [1.29, 1.82) is 0 Å². The Hall–Kier alpha value is -1.14. The molecule has 0 aromatic heterocycles. The van der Waals surface area contributed by atoms with Gasteiger partial charge in [-0.2, -0.15) is 0 Å². The summed E-state index contributed by atoms with van der Waals surface area (Å²) in [4.78, 5) is 0.346. The summed E-state index contributed by atoms with van der Waals surface area (Å²) in [6.45, 7) is 0.608. The molecule has 2 aliphatic carbocycles. The molecule has 3 rings (SSSR count). The smallest absolute Gasteiger partial charge is 0.175 e. The van der Waals surface area contributed by atoms with Gasteiger partial charge in [-0.25, -0.2) is 8.42 Å². The summed E-state index contributed by atoms with van der Waals surface area (Å²) in [5.74, 6) is 1.69. The molecule has 2 bridgehead atoms. The second kappa shape index (κ2) is 6.16. The van der Waals surface area contributed by atoms with E-state index in [1.165, 1.54) is 31.9 Å². The highest BCUT2D eigenvalue weighted by molar-refractivity contribution is 7.90. The summed E-state index contributed by atoms with van der Waals surface area (Å²) in [7, 11) is -3.13. The maximum atomic E-state index is 11.4. The molecule has 6 heteroatoms. The van der Waals surface area contributed by atoms with E-state index in [4.69, 9.17) is 12.2 Å².